The van der Waals surface area contributed by atoms with E-state index >= 15 is 0 Å². The molecule has 2 N–H and O–H groups in total. The third kappa shape index (κ3) is 4.33. The van der Waals surface area contributed by atoms with Gasteiger partial charge in [-0.2, -0.15) is 0 Å². The first kappa shape index (κ1) is 26.5. The zero-order valence-electron chi connectivity index (χ0n) is 22.2. The Morgan fingerprint density at radius 2 is 1.62 bits per heavy atom. The molecule has 0 spiro atoms. The highest BCUT2D eigenvalue weighted by molar-refractivity contribution is 5.76. The van der Waals surface area contributed by atoms with Crippen LogP contribution in [0.2, 0.25) is 0 Å². The van der Waals surface area contributed by atoms with Gasteiger partial charge in [0.05, 0.1) is 11.5 Å². The van der Waals surface area contributed by atoms with Crippen LogP contribution in [0.15, 0.2) is 70.9 Å². The molecular weight excluding hydrogens is 420 g/mol. The summed E-state index contributed by atoms with van der Waals surface area (Å²) in [6.45, 7) is 19.4. The fourth-order valence-electron chi connectivity index (χ4n) is 7.64. The van der Waals surface area contributed by atoms with Crippen molar-refractivity contribution in [1.29, 1.82) is 0 Å². The van der Waals surface area contributed by atoms with Crippen LogP contribution in [0.5, 0.6) is 0 Å². The smallest absolute Gasteiger partial charge is 0.312 e. The zero-order chi connectivity index (χ0) is 25.5. The summed E-state index contributed by atoms with van der Waals surface area (Å²) in [7, 11) is 0. The van der Waals surface area contributed by atoms with E-state index in [0.717, 1.165) is 25.7 Å². The standard InChI is InChI=1S/C31H44O3/c1-20(2)11-9-12-21(3)13-10-14-22(4)27-23(5)19-25-29(6)18-16-26(32)31(8,28(33)34)24(29)15-17-30(25,27)7/h9-14,24-26,32H,5,15-19H2,1-4,6-8H3,(H,33,34)/b12-9+,14-10+,21-13+,27-22+/t24?,25?,26-,29?,30?,31?/m0/s1. The summed E-state index contributed by atoms with van der Waals surface area (Å²) >= 11 is 0. The normalized spacial score (nSPS) is 39.8. The van der Waals surface area contributed by atoms with E-state index in [1.54, 1.807) is 6.92 Å². The van der Waals surface area contributed by atoms with Crippen molar-refractivity contribution in [2.24, 2.45) is 28.1 Å². The van der Waals surface area contributed by atoms with Crippen molar-refractivity contribution < 1.29 is 15.0 Å². The molecule has 6 atom stereocenters. The van der Waals surface area contributed by atoms with Gasteiger partial charge in [0.2, 0.25) is 0 Å². The SMILES string of the molecule is C=C1CC2C(C)(CCC3C2(C)CC[C@H](O)C3(C)C(=O)O)/C1=C(C)/C=C/C=C(C)/C=C/C=C(C)C. The maximum absolute atomic E-state index is 12.4. The molecule has 0 radical (unpaired) electrons. The highest BCUT2D eigenvalue weighted by atomic mass is 16.4. The Balaban J connectivity index is 1.93. The molecule has 0 bridgehead atoms. The van der Waals surface area contributed by atoms with E-state index in [9.17, 15) is 15.0 Å². The topological polar surface area (TPSA) is 57.5 Å². The van der Waals surface area contributed by atoms with Gasteiger partial charge < -0.3 is 10.2 Å². The molecule has 186 valence electrons. The van der Waals surface area contributed by atoms with Gasteiger partial charge in [-0.15, -0.1) is 0 Å². The van der Waals surface area contributed by atoms with E-state index in [-0.39, 0.29) is 16.7 Å². The van der Waals surface area contributed by atoms with Gasteiger partial charge in [0.25, 0.3) is 0 Å². The minimum Gasteiger partial charge on any atom is -0.481 e. The molecule has 3 saturated carbocycles. The van der Waals surface area contributed by atoms with E-state index in [1.165, 1.54) is 27.9 Å². The highest BCUT2D eigenvalue weighted by Gasteiger charge is 2.66. The van der Waals surface area contributed by atoms with Crippen molar-refractivity contribution >= 4 is 5.97 Å². The summed E-state index contributed by atoms with van der Waals surface area (Å²) in [5.74, 6) is -0.535. The number of aliphatic hydroxyl groups excluding tert-OH is 1. The van der Waals surface area contributed by atoms with Crippen LogP contribution >= 0.6 is 0 Å². The Labute approximate surface area is 206 Å². The second-order valence-corrected chi connectivity index (χ2v) is 11.9. The number of aliphatic hydroxyl groups is 1. The molecule has 3 aliphatic rings. The Morgan fingerprint density at radius 3 is 2.24 bits per heavy atom. The fraction of sp³-hybridized carbons (Fsp3) is 0.581. The summed E-state index contributed by atoms with van der Waals surface area (Å²) < 4.78 is 0. The Kier molecular flexibility index (Phi) is 7.39. The molecule has 3 fully saturated rings. The second kappa shape index (κ2) is 9.49. The van der Waals surface area contributed by atoms with Gasteiger partial charge in [-0.1, -0.05) is 73.6 Å². The maximum atomic E-state index is 12.4. The number of hydrogen-bond acceptors (Lipinski definition) is 2. The summed E-state index contributed by atoms with van der Waals surface area (Å²) in [6, 6.07) is 0. The quantitative estimate of drug-likeness (QED) is 0.412. The van der Waals surface area contributed by atoms with Crippen molar-refractivity contribution in [1.82, 2.24) is 0 Å². The van der Waals surface area contributed by atoms with Crippen molar-refractivity contribution in [2.75, 3.05) is 0 Å². The first-order valence-corrected chi connectivity index (χ1v) is 12.8. The van der Waals surface area contributed by atoms with Crippen molar-refractivity contribution in [3.8, 4) is 0 Å². The number of allylic oxidation sites excluding steroid dienone is 11. The number of carboxylic acid groups (broad SMARTS) is 1. The summed E-state index contributed by atoms with van der Waals surface area (Å²) in [4.78, 5) is 12.4. The third-order valence-electron chi connectivity index (χ3n) is 9.41. The molecule has 3 rings (SSSR count). The first-order valence-electron chi connectivity index (χ1n) is 12.8. The molecule has 0 aliphatic heterocycles. The number of hydrogen-bond donors (Lipinski definition) is 2. The Morgan fingerprint density at radius 1 is 0.971 bits per heavy atom. The van der Waals surface area contributed by atoms with E-state index < -0.39 is 17.5 Å². The molecule has 0 saturated heterocycles. The van der Waals surface area contributed by atoms with Gasteiger partial charge in [0, 0.05) is 0 Å². The van der Waals surface area contributed by atoms with Gasteiger partial charge >= 0.3 is 5.97 Å². The summed E-state index contributed by atoms with van der Waals surface area (Å²) in [5, 5.41) is 20.9. The zero-order valence-corrected chi connectivity index (χ0v) is 22.2. The van der Waals surface area contributed by atoms with E-state index in [4.69, 9.17) is 0 Å². The van der Waals surface area contributed by atoms with E-state index in [0.29, 0.717) is 12.3 Å². The summed E-state index contributed by atoms with van der Waals surface area (Å²) in [5.41, 5.74) is 5.07. The van der Waals surface area contributed by atoms with Crippen LogP contribution in [0.3, 0.4) is 0 Å². The van der Waals surface area contributed by atoms with Gasteiger partial charge in [0.15, 0.2) is 0 Å². The fourth-order valence-corrected chi connectivity index (χ4v) is 7.64. The van der Waals surface area contributed by atoms with Crippen LogP contribution < -0.4 is 0 Å². The molecule has 5 unspecified atom stereocenters. The predicted octanol–water partition coefficient (Wildman–Crippen LogP) is 7.57. The average molecular weight is 465 g/mol. The maximum Gasteiger partial charge on any atom is 0.312 e. The van der Waals surface area contributed by atoms with Crippen LogP contribution in [0.1, 0.15) is 80.6 Å². The average Bonchev–Trinajstić information content (AvgIpc) is 3.02. The van der Waals surface area contributed by atoms with Crippen LogP contribution in [-0.4, -0.2) is 22.3 Å². The van der Waals surface area contributed by atoms with Crippen molar-refractivity contribution in [3.63, 3.8) is 0 Å². The van der Waals surface area contributed by atoms with Crippen molar-refractivity contribution in [2.45, 2.75) is 86.7 Å². The molecule has 0 amide bonds. The van der Waals surface area contributed by atoms with Crippen LogP contribution in [-0.2, 0) is 4.79 Å². The lowest BCUT2D eigenvalue weighted by molar-refractivity contribution is -0.194. The third-order valence-corrected chi connectivity index (χ3v) is 9.41. The minimum absolute atomic E-state index is 0.0133. The lowest BCUT2D eigenvalue weighted by Crippen LogP contribution is -2.61. The molecule has 0 aromatic rings. The molecule has 3 nitrogen and oxygen atoms in total. The first-order chi connectivity index (χ1) is 15.8. The summed E-state index contributed by atoms with van der Waals surface area (Å²) in [6.07, 6.45) is 16.1. The predicted molar refractivity (Wildman–Crippen MR) is 141 cm³/mol. The van der Waals surface area contributed by atoms with Gasteiger partial charge in [0.1, 0.15) is 0 Å². The number of rotatable bonds is 5. The Hall–Kier alpha value is -2.13. The Bertz CT molecular complexity index is 1000. The van der Waals surface area contributed by atoms with Gasteiger partial charge in [-0.05, 0) is 101 Å². The number of aliphatic carboxylic acids is 1. The van der Waals surface area contributed by atoms with Gasteiger partial charge in [-0.3, -0.25) is 4.79 Å². The molecule has 3 aliphatic carbocycles. The monoisotopic (exact) mass is 464 g/mol. The largest absolute Gasteiger partial charge is 0.481 e. The molecule has 0 aromatic carbocycles. The van der Waals surface area contributed by atoms with Gasteiger partial charge in [-0.25, -0.2) is 0 Å². The lowest BCUT2D eigenvalue weighted by atomic mass is 9.43. The number of carbonyl (C=O) groups is 1. The van der Waals surface area contributed by atoms with Crippen LogP contribution in [0.4, 0.5) is 0 Å². The number of carboxylic acids is 1. The molecule has 0 aromatic heterocycles. The molecule has 34 heavy (non-hydrogen) atoms. The number of fused-ring (bicyclic) bond motifs is 3. The van der Waals surface area contributed by atoms with Crippen LogP contribution in [0, 0.1) is 28.1 Å². The van der Waals surface area contributed by atoms with E-state index in [1.807, 2.05) is 0 Å². The van der Waals surface area contributed by atoms with E-state index in [2.05, 4.69) is 84.6 Å². The molecule has 3 heteroatoms. The lowest BCUT2D eigenvalue weighted by Gasteiger charge is -2.61. The van der Waals surface area contributed by atoms with Crippen LogP contribution in [0.25, 0.3) is 0 Å². The molecular formula is C31H44O3. The minimum atomic E-state index is -1.08. The molecule has 0 heterocycles. The highest BCUT2D eigenvalue weighted by Crippen LogP contribution is 2.70. The van der Waals surface area contributed by atoms with Crippen molar-refractivity contribution in [3.05, 3.63) is 70.9 Å². The second-order valence-electron chi connectivity index (χ2n) is 11.9.